The highest BCUT2D eigenvalue weighted by Gasteiger charge is 2.31. The molecular formula is C15H32N2O. The van der Waals surface area contributed by atoms with Crippen molar-refractivity contribution in [1.82, 2.24) is 5.32 Å². The zero-order valence-electron chi connectivity index (χ0n) is 16.0. The Kier molecular flexibility index (Phi) is 4.67. The van der Waals surface area contributed by atoms with Crippen molar-refractivity contribution in [1.29, 1.82) is 0 Å². The first kappa shape index (κ1) is 12.6. The molecule has 0 aromatic rings. The highest BCUT2D eigenvalue weighted by molar-refractivity contribution is 5.88. The average Bonchev–Trinajstić information content (AvgIpc) is 2.18. The van der Waals surface area contributed by atoms with E-state index in [2.05, 4.69) is 5.32 Å². The number of hydrogen-bond acceptors (Lipinski definition) is 3. The molecule has 0 saturated carbocycles. The second-order valence-corrected chi connectivity index (χ2v) is 6.96. The normalized spacial score (nSPS) is 21.4. The molecule has 108 valence electrons. The van der Waals surface area contributed by atoms with Gasteiger partial charge in [0.2, 0.25) is 0 Å². The standard InChI is InChI=1S/C15H32N2O/c1-11(16)9-8-10-12(17-15(5,6)7)13(18)14(2,3)4/h11-12,17H,8-10,16H2,1-7H3/t11?,12-/m0/s1/i9D2,11D. The summed E-state index contributed by atoms with van der Waals surface area (Å²) in [6, 6.07) is -2.12. The van der Waals surface area contributed by atoms with Crippen molar-refractivity contribution in [3.63, 3.8) is 0 Å². The van der Waals surface area contributed by atoms with Crippen LogP contribution in [0.5, 0.6) is 0 Å². The van der Waals surface area contributed by atoms with Gasteiger partial charge < -0.3 is 11.1 Å². The molecule has 0 fully saturated rings. The number of Topliss-reactive ketones (excluding diaryl/α,β-unsaturated/α-hetero) is 1. The summed E-state index contributed by atoms with van der Waals surface area (Å²) in [7, 11) is 0. The van der Waals surface area contributed by atoms with Gasteiger partial charge in [-0.2, -0.15) is 0 Å². The third-order valence-electron chi connectivity index (χ3n) is 2.50. The lowest BCUT2D eigenvalue weighted by Crippen LogP contribution is -2.50. The molecule has 18 heavy (non-hydrogen) atoms. The zero-order chi connectivity index (χ0) is 17.3. The molecular weight excluding hydrogens is 224 g/mol. The summed E-state index contributed by atoms with van der Waals surface area (Å²) in [5.74, 6) is 0.0527. The SMILES string of the molecule is [2H]C(C)(N)C([2H])([2H])CC[C@H](NC(C)(C)C)C(=O)C(C)(C)C. The van der Waals surface area contributed by atoms with Crippen LogP contribution in [0.2, 0.25) is 0 Å². The van der Waals surface area contributed by atoms with Crippen LogP contribution in [-0.2, 0) is 4.79 Å². The summed E-state index contributed by atoms with van der Waals surface area (Å²) in [5, 5.41) is 3.27. The highest BCUT2D eigenvalue weighted by atomic mass is 16.1. The summed E-state index contributed by atoms with van der Waals surface area (Å²) in [6.07, 6.45) is -1.45. The van der Waals surface area contributed by atoms with E-state index >= 15 is 0 Å². The van der Waals surface area contributed by atoms with Gasteiger partial charge in [-0.25, -0.2) is 0 Å². The summed E-state index contributed by atoms with van der Waals surface area (Å²) >= 11 is 0. The maximum Gasteiger partial charge on any atom is 0.155 e. The molecule has 0 aromatic heterocycles. The maximum absolute atomic E-state index is 12.5. The lowest BCUT2D eigenvalue weighted by molar-refractivity contribution is -0.129. The largest absolute Gasteiger partial charge is 0.328 e. The zero-order valence-corrected chi connectivity index (χ0v) is 13.0. The first-order chi connectivity index (χ1) is 8.97. The minimum atomic E-state index is -1.84. The monoisotopic (exact) mass is 259 g/mol. The molecule has 1 unspecified atom stereocenters. The molecule has 0 heterocycles. The number of nitrogens with one attached hydrogen (secondary N) is 1. The average molecular weight is 259 g/mol. The lowest BCUT2D eigenvalue weighted by Gasteiger charge is -2.32. The third kappa shape index (κ3) is 7.83. The Labute approximate surface area is 117 Å². The van der Waals surface area contributed by atoms with Gasteiger partial charge in [0.1, 0.15) is 0 Å². The highest BCUT2D eigenvalue weighted by Crippen LogP contribution is 2.21. The van der Waals surface area contributed by atoms with E-state index in [0.717, 1.165) is 0 Å². The van der Waals surface area contributed by atoms with Gasteiger partial charge in [-0.05, 0) is 46.9 Å². The van der Waals surface area contributed by atoms with Crippen LogP contribution in [0.15, 0.2) is 0 Å². The Morgan fingerprint density at radius 1 is 1.33 bits per heavy atom. The Hall–Kier alpha value is -0.410. The molecule has 0 aliphatic carbocycles. The van der Waals surface area contributed by atoms with Gasteiger partial charge in [-0.15, -0.1) is 0 Å². The molecule has 2 atom stereocenters. The van der Waals surface area contributed by atoms with E-state index in [4.69, 9.17) is 9.85 Å². The summed E-state index contributed by atoms with van der Waals surface area (Å²) in [5.41, 5.74) is 4.83. The van der Waals surface area contributed by atoms with E-state index in [-0.39, 0.29) is 17.7 Å². The number of ketones is 1. The molecule has 0 radical (unpaired) electrons. The Morgan fingerprint density at radius 3 is 2.17 bits per heavy atom. The molecule has 3 N–H and O–H groups in total. The molecule has 0 aliphatic rings. The molecule has 3 heteroatoms. The van der Waals surface area contributed by atoms with E-state index in [0.29, 0.717) is 6.42 Å². The van der Waals surface area contributed by atoms with Gasteiger partial charge in [0.15, 0.2) is 5.78 Å². The summed E-state index contributed by atoms with van der Waals surface area (Å²) in [4.78, 5) is 12.5. The topological polar surface area (TPSA) is 55.1 Å². The van der Waals surface area contributed by atoms with Gasteiger partial charge >= 0.3 is 0 Å². The van der Waals surface area contributed by atoms with E-state index in [1.54, 1.807) is 0 Å². The van der Waals surface area contributed by atoms with E-state index in [9.17, 15) is 4.79 Å². The molecule has 3 nitrogen and oxygen atoms in total. The number of nitrogens with two attached hydrogens (primary N) is 1. The van der Waals surface area contributed by atoms with Crippen LogP contribution < -0.4 is 11.1 Å². The van der Waals surface area contributed by atoms with Gasteiger partial charge in [0, 0.05) is 21.1 Å². The number of rotatable bonds is 6. The Bertz CT molecular complexity index is 363. The molecule has 0 bridgehead atoms. The predicted octanol–water partition coefficient (Wildman–Crippen LogP) is 2.88. The van der Waals surface area contributed by atoms with Gasteiger partial charge in [-0.3, -0.25) is 4.79 Å². The molecule has 0 spiro atoms. The van der Waals surface area contributed by atoms with Crippen molar-refractivity contribution in [3.8, 4) is 0 Å². The van der Waals surface area contributed by atoms with Gasteiger partial charge in [-0.1, -0.05) is 20.8 Å². The van der Waals surface area contributed by atoms with Gasteiger partial charge in [0.05, 0.1) is 6.04 Å². The minimum absolute atomic E-state index is 0.0527. The number of carbonyl (C=O) groups is 1. The summed E-state index contributed by atoms with van der Waals surface area (Å²) in [6.45, 7) is 12.9. The van der Waals surface area contributed by atoms with E-state index in [1.807, 2.05) is 41.5 Å². The fraction of sp³-hybridized carbons (Fsp3) is 0.933. The van der Waals surface area contributed by atoms with Crippen molar-refractivity contribution in [3.05, 3.63) is 0 Å². The number of hydrogen-bond donors (Lipinski definition) is 2. The Morgan fingerprint density at radius 2 is 1.83 bits per heavy atom. The van der Waals surface area contributed by atoms with Crippen LogP contribution in [-0.4, -0.2) is 23.4 Å². The molecule has 0 aromatic carbocycles. The van der Waals surface area contributed by atoms with Crippen LogP contribution in [0.25, 0.3) is 0 Å². The van der Waals surface area contributed by atoms with Crippen LogP contribution in [0.4, 0.5) is 0 Å². The molecule has 0 saturated heterocycles. The molecule has 0 amide bonds. The van der Waals surface area contributed by atoms with Crippen molar-refractivity contribution < 1.29 is 8.91 Å². The van der Waals surface area contributed by atoms with Crippen LogP contribution >= 0.6 is 0 Å². The van der Waals surface area contributed by atoms with Crippen molar-refractivity contribution in [2.24, 2.45) is 11.1 Å². The lowest BCUT2D eigenvalue weighted by atomic mass is 9.83. The van der Waals surface area contributed by atoms with Crippen molar-refractivity contribution >= 4 is 5.78 Å². The van der Waals surface area contributed by atoms with E-state index < -0.39 is 23.8 Å². The van der Waals surface area contributed by atoms with Crippen LogP contribution in [0, 0.1) is 5.41 Å². The maximum atomic E-state index is 12.5. The van der Waals surface area contributed by atoms with Crippen LogP contribution in [0.1, 0.15) is 71.8 Å². The first-order valence-corrected chi connectivity index (χ1v) is 6.58. The van der Waals surface area contributed by atoms with Crippen molar-refractivity contribution in [2.45, 2.75) is 85.3 Å². The van der Waals surface area contributed by atoms with Gasteiger partial charge in [0.25, 0.3) is 0 Å². The van der Waals surface area contributed by atoms with E-state index in [1.165, 1.54) is 6.92 Å². The van der Waals surface area contributed by atoms with Crippen LogP contribution in [0.3, 0.4) is 0 Å². The third-order valence-corrected chi connectivity index (χ3v) is 2.50. The second-order valence-electron chi connectivity index (χ2n) is 6.96. The minimum Gasteiger partial charge on any atom is -0.328 e. The quantitative estimate of drug-likeness (QED) is 0.771. The molecule has 0 rings (SSSR count). The second kappa shape index (κ2) is 6.67. The fourth-order valence-electron chi connectivity index (χ4n) is 1.73. The molecule has 0 aliphatic heterocycles. The Balaban J connectivity index is 5.07. The first-order valence-electron chi connectivity index (χ1n) is 8.08. The smallest absolute Gasteiger partial charge is 0.155 e. The number of carbonyl (C=O) groups excluding carboxylic acids is 1. The fourth-order valence-corrected chi connectivity index (χ4v) is 1.73. The summed E-state index contributed by atoms with van der Waals surface area (Å²) < 4.78 is 23.5. The predicted molar refractivity (Wildman–Crippen MR) is 78.6 cm³/mol. The van der Waals surface area contributed by atoms with Crippen molar-refractivity contribution in [2.75, 3.05) is 0 Å².